The van der Waals surface area contributed by atoms with E-state index in [1.165, 1.54) is 12.1 Å². The Bertz CT molecular complexity index is 532. The Kier molecular flexibility index (Phi) is 3.94. The van der Waals surface area contributed by atoms with Crippen LogP contribution < -0.4 is 10.2 Å². The zero-order chi connectivity index (χ0) is 13.8. The molecule has 0 radical (unpaired) electrons. The van der Waals surface area contributed by atoms with E-state index in [1.807, 2.05) is 32.0 Å². The van der Waals surface area contributed by atoms with E-state index in [4.69, 9.17) is 0 Å². The zero-order valence-electron chi connectivity index (χ0n) is 11.3. The first-order valence-corrected chi connectivity index (χ1v) is 6.19. The van der Waals surface area contributed by atoms with Gasteiger partial charge in [0.2, 0.25) is 0 Å². The van der Waals surface area contributed by atoms with Crippen LogP contribution in [0.4, 0.5) is 21.7 Å². The summed E-state index contributed by atoms with van der Waals surface area (Å²) in [5.41, 5.74) is 0.879. The highest BCUT2D eigenvalue weighted by Crippen LogP contribution is 2.23. The monoisotopic (exact) mass is 260 g/mol. The third-order valence-electron chi connectivity index (χ3n) is 2.89. The molecule has 1 heterocycles. The van der Waals surface area contributed by atoms with E-state index in [2.05, 4.69) is 15.3 Å². The molecule has 0 aliphatic rings. The Balaban J connectivity index is 2.37. The Morgan fingerprint density at radius 3 is 2.47 bits per heavy atom. The fourth-order valence-corrected chi connectivity index (χ4v) is 1.74. The van der Waals surface area contributed by atoms with Gasteiger partial charge in [-0.25, -0.2) is 14.4 Å². The van der Waals surface area contributed by atoms with Gasteiger partial charge in [-0.2, -0.15) is 0 Å². The average Bonchev–Trinajstić information content (AvgIpc) is 2.46. The van der Waals surface area contributed by atoms with Gasteiger partial charge in [0.1, 0.15) is 23.3 Å². The maximum absolute atomic E-state index is 12.9. The van der Waals surface area contributed by atoms with Crippen molar-refractivity contribution < 1.29 is 4.39 Å². The van der Waals surface area contributed by atoms with Crippen molar-refractivity contribution in [3.8, 4) is 0 Å². The van der Waals surface area contributed by atoms with Gasteiger partial charge in [0.05, 0.1) is 0 Å². The van der Waals surface area contributed by atoms with Crippen LogP contribution in [0, 0.1) is 5.82 Å². The average molecular weight is 260 g/mol. The number of aryl methyl sites for hydroxylation is 1. The summed E-state index contributed by atoms with van der Waals surface area (Å²) in [5.74, 6) is 2.08. The molecule has 1 N–H and O–H groups in total. The summed E-state index contributed by atoms with van der Waals surface area (Å²) in [4.78, 5) is 10.7. The molecular weight excluding hydrogens is 243 g/mol. The minimum Gasteiger partial charge on any atom is -0.373 e. The number of hydrogen-bond acceptors (Lipinski definition) is 4. The highest BCUT2D eigenvalue weighted by Gasteiger charge is 2.09. The normalized spacial score (nSPS) is 10.3. The summed E-state index contributed by atoms with van der Waals surface area (Å²) in [5, 5.41) is 3.02. The summed E-state index contributed by atoms with van der Waals surface area (Å²) in [7, 11) is 3.72. The van der Waals surface area contributed by atoms with E-state index in [-0.39, 0.29) is 5.82 Å². The molecule has 0 aliphatic heterocycles. The van der Waals surface area contributed by atoms with Crippen molar-refractivity contribution in [2.75, 3.05) is 24.3 Å². The molecule has 2 rings (SSSR count). The number of anilines is 3. The molecule has 0 aliphatic carbocycles. The second-order valence-electron chi connectivity index (χ2n) is 4.17. The first-order chi connectivity index (χ1) is 9.13. The molecule has 0 bridgehead atoms. The van der Waals surface area contributed by atoms with Gasteiger partial charge in [0.25, 0.3) is 0 Å². The van der Waals surface area contributed by atoms with Gasteiger partial charge in [0, 0.05) is 32.3 Å². The molecule has 0 unspecified atom stereocenters. The predicted octanol–water partition coefficient (Wildman–Crippen LogP) is 2.99. The van der Waals surface area contributed by atoms with Gasteiger partial charge in [-0.1, -0.05) is 6.92 Å². The molecule has 5 heteroatoms. The first-order valence-electron chi connectivity index (χ1n) is 6.19. The van der Waals surface area contributed by atoms with Crippen molar-refractivity contribution >= 4 is 17.3 Å². The highest BCUT2D eigenvalue weighted by atomic mass is 19.1. The molecule has 1 aromatic heterocycles. The van der Waals surface area contributed by atoms with Crippen LogP contribution in [0.3, 0.4) is 0 Å². The van der Waals surface area contributed by atoms with Crippen LogP contribution in [-0.4, -0.2) is 24.1 Å². The molecule has 2 aromatic rings. The maximum Gasteiger partial charge on any atom is 0.138 e. The molecule has 19 heavy (non-hydrogen) atoms. The van der Waals surface area contributed by atoms with Crippen LogP contribution in [0.1, 0.15) is 12.7 Å². The van der Waals surface area contributed by atoms with Gasteiger partial charge in [0.15, 0.2) is 0 Å². The lowest BCUT2D eigenvalue weighted by Crippen LogP contribution is -2.13. The van der Waals surface area contributed by atoms with E-state index in [0.717, 1.165) is 29.6 Å². The molecular formula is C14H17FN4. The summed E-state index contributed by atoms with van der Waals surface area (Å²) < 4.78 is 12.9. The Hall–Kier alpha value is -2.17. The molecule has 4 nitrogen and oxygen atoms in total. The molecule has 0 saturated heterocycles. The second kappa shape index (κ2) is 5.65. The predicted molar refractivity (Wildman–Crippen MR) is 75.4 cm³/mol. The number of benzene rings is 1. The fourth-order valence-electron chi connectivity index (χ4n) is 1.74. The summed E-state index contributed by atoms with van der Waals surface area (Å²) >= 11 is 0. The van der Waals surface area contributed by atoms with Crippen LogP contribution in [0.5, 0.6) is 0 Å². The largest absolute Gasteiger partial charge is 0.373 e. The smallest absolute Gasteiger partial charge is 0.138 e. The van der Waals surface area contributed by atoms with Crippen molar-refractivity contribution in [3.63, 3.8) is 0 Å². The maximum atomic E-state index is 12.9. The van der Waals surface area contributed by atoms with E-state index in [0.29, 0.717) is 0 Å². The second-order valence-corrected chi connectivity index (χ2v) is 4.17. The molecule has 0 spiro atoms. The molecule has 0 atom stereocenters. The highest BCUT2D eigenvalue weighted by molar-refractivity contribution is 5.61. The van der Waals surface area contributed by atoms with E-state index in [1.54, 1.807) is 12.1 Å². The molecule has 0 fully saturated rings. The Morgan fingerprint density at radius 2 is 1.89 bits per heavy atom. The van der Waals surface area contributed by atoms with Crippen molar-refractivity contribution in [2.45, 2.75) is 13.3 Å². The minimum absolute atomic E-state index is 0.245. The standard InChI is InChI=1S/C14H17FN4/c1-4-12-17-13(16-2)9-14(18-12)19(3)11-7-5-10(15)6-8-11/h5-9H,4H2,1-3H3,(H,16,17,18). The van der Waals surface area contributed by atoms with Crippen molar-refractivity contribution in [2.24, 2.45) is 0 Å². The first kappa shape index (κ1) is 13.3. The van der Waals surface area contributed by atoms with E-state index in [9.17, 15) is 4.39 Å². The SMILES string of the molecule is CCc1nc(NC)cc(N(C)c2ccc(F)cc2)n1. The third-order valence-corrected chi connectivity index (χ3v) is 2.89. The lowest BCUT2D eigenvalue weighted by Gasteiger charge is -2.19. The van der Waals surface area contributed by atoms with Crippen LogP contribution in [0.15, 0.2) is 30.3 Å². The summed E-state index contributed by atoms with van der Waals surface area (Å²) in [6.45, 7) is 2.01. The van der Waals surface area contributed by atoms with Gasteiger partial charge < -0.3 is 10.2 Å². The number of nitrogens with one attached hydrogen (secondary N) is 1. The summed E-state index contributed by atoms with van der Waals surface area (Å²) in [6, 6.07) is 8.19. The van der Waals surface area contributed by atoms with Crippen molar-refractivity contribution in [3.05, 3.63) is 42.0 Å². The van der Waals surface area contributed by atoms with Crippen LogP contribution in [0.2, 0.25) is 0 Å². The lowest BCUT2D eigenvalue weighted by atomic mass is 10.3. The fraction of sp³-hybridized carbons (Fsp3) is 0.286. The topological polar surface area (TPSA) is 41.1 Å². The molecule has 100 valence electrons. The summed E-state index contributed by atoms with van der Waals surface area (Å²) in [6.07, 6.45) is 0.764. The van der Waals surface area contributed by atoms with Gasteiger partial charge >= 0.3 is 0 Å². The van der Waals surface area contributed by atoms with Crippen LogP contribution in [0.25, 0.3) is 0 Å². The Morgan fingerprint density at radius 1 is 1.21 bits per heavy atom. The van der Waals surface area contributed by atoms with E-state index < -0.39 is 0 Å². The number of halogens is 1. The van der Waals surface area contributed by atoms with Crippen molar-refractivity contribution in [1.29, 1.82) is 0 Å². The van der Waals surface area contributed by atoms with Gasteiger partial charge in [-0.15, -0.1) is 0 Å². The Labute approximate surface area is 112 Å². The quantitative estimate of drug-likeness (QED) is 0.917. The number of nitrogens with zero attached hydrogens (tertiary/aromatic N) is 3. The molecule has 0 saturated carbocycles. The lowest BCUT2D eigenvalue weighted by molar-refractivity contribution is 0.628. The van der Waals surface area contributed by atoms with E-state index >= 15 is 0 Å². The van der Waals surface area contributed by atoms with Gasteiger partial charge in [-0.3, -0.25) is 0 Å². The van der Waals surface area contributed by atoms with Crippen LogP contribution >= 0.6 is 0 Å². The number of rotatable bonds is 4. The molecule has 1 aromatic carbocycles. The zero-order valence-corrected chi connectivity index (χ0v) is 11.3. The molecule has 0 amide bonds. The van der Waals surface area contributed by atoms with Gasteiger partial charge in [-0.05, 0) is 24.3 Å². The third kappa shape index (κ3) is 2.99. The number of hydrogen-bond donors (Lipinski definition) is 1. The van der Waals surface area contributed by atoms with Crippen LogP contribution in [-0.2, 0) is 6.42 Å². The number of aromatic nitrogens is 2. The minimum atomic E-state index is -0.245. The van der Waals surface area contributed by atoms with Crippen molar-refractivity contribution in [1.82, 2.24) is 9.97 Å².